The number of halogens is 1. The molecule has 0 unspecified atom stereocenters. The van der Waals surface area contributed by atoms with Gasteiger partial charge in [-0.2, -0.15) is 5.10 Å². The zero-order valence-electron chi connectivity index (χ0n) is 15.6. The van der Waals surface area contributed by atoms with Gasteiger partial charge in [-0.1, -0.05) is 0 Å². The molecule has 1 amide bonds. The van der Waals surface area contributed by atoms with Crippen LogP contribution in [-0.2, 0) is 0 Å². The van der Waals surface area contributed by atoms with Gasteiger partial charge in [-0.15, -0.1) is 0 Å². The third kappa shape index (κ3) is 3.09. The van der Waals surface area contributed by atoms with E-state index in [9.17, 15) is 4.79 Å². The summed E-state index contributed by atoms with van der Waals surface area (Å²) < 4.78 is 6.33. The van der Waals surface area contributed by atoms with Gasteiger partial charge in [0.15, 0.2) is 0 Å². The lowest BCUT2D eigenvalue weighted by Crippen LogP contribution is -2.29. The predicted octanol–water partition coefficient (Wildman–Crippen LogP) is 3.58. The number of nitrogens with one attached hydrogen (secondary N) is 3. The third-order valence-electron chi connectivity index (χ3n) is 5.08. The Balaban J connectivity index is 1.62. The fourth-order valence-corrected chi connectivity index (χ4v) is 4.10. The Morgan fingerprint density at radius 2 is 2.10 bits per heavy atom. The number of likely N-dealkylation sites (tertiary alicyclic amines) is 1. The SMILES string of the molecule is COc1cc2[nH]ncc2cc1Nc1nc(C(=O)N2CCCC2)nc2[nH]cc(Br)c12. The van der Waals surface area contributed by atoms with Crippen LogP contribution in [0, 0.1) is 0 Å². The van der Waals surface area contributed by atoms with Gasteiger partial charge in [0.1, 0.15) is 17.2 Å². The fourth-order valence-electron chi connectivity index (χ4n) is 3.61. The first kappa shape index (κ1) is 17.9. The van der Waals surface area contributed by atoms with Crippen molar-refractivity contribution in [3.63, 3.8) is 0 Å². The van der Waals surface area contributed by atoms with Crippen LogP contribution in [0.25, 0.3) is 21.9 Å². The lowest BCUT2D eigenvalue weighted by Gasteiger charge is -2.16. The highest BCUT2D eigenvalue weighted by atomic mass is 79.9. The van der Waals surface area contributed by atoms with Gasteiger partial charge < -0.3 is 19.9 Å². The van der Waals surface area contributed by atoms with E-state index in [0.29, 0.717) is 22.9 Å². The van der Waals surface area contributed by atoms with Crippen molar-refractivity contribution in [2.75, 3.05) is 25.5 Å². The van der Waals surface area contributed by atoms with Crippen molar-refractivity contribution in [1.82, 2.24) is 30.0 Å². The standard InChI is InChI=1S/C19H18BrN7O2/c1-29-14-7-12-10(8-22-26-12)6-13(14)23-17-15-11(20)9-21-16(15)24-18(25-17)19(28)27-4-2-3-5-27/h6-9H,2-5H2,1H3,(H,22,26)(H2,21,23,24,25). The van der Waals surface area contributed by atoms with Gasteiger partial charge in [-0.25, -0.2) is 9.97 Å². The molecule has 9 nitrogen and oxygen atoms in total. The number of aromatic nitrogens is 5. The highest BCUT2D eigenvalue weighted by Gasteiger charge is 2.24. The lowest BCUT2D eigenvalue weighted by atomic mass is 10.2. The van der Waals surface area contributed by atoms with E-state index in [4.69, 9.17) is 4.74 Å². The number of carbonyl (C=O) groups is 1. The Hall–Kier alpha value is -3.14. The molecule has 0 saturated carbocycles. The van der Waals surface area contributed by atoms with Gasteiger partial charge in [0.05, 0.1) is 29.9 Å². The van der Waals surface area contributed by atoms with Gasteiger partial charge in [0.2, 0.25) is 5.82 Å². The summed E-state index contributed by atoms with van der Waals surface area (Å²) in [6.07, 6.45) is 5.54. The topological polar surface area (TPSA) is 112 Å². The molecule has 4 aromatic rings. The van der Waals surface area contributed by atoms with Crippen LogP contribution in [0.4, 0.5) is 11.5 Å². The van der Waals surface area contributed by atoms with Gasteiger partial charge in [-0.05, 0) is 34.8 Å². The number of ether oxygens (including phenoxy) is 1. The van der Waals surface area contributed by atoms with E-state index in [0.717, 1.165) is 46.7 Å². The molecule has 3 aromatic heterocycles. The fraction of sp³-hybridized carbons (Fsp3) is 0.263. The zero-order chi connectivity index (χ0) is 20.0. The number of fused-ring (bicyclic) bond motifs is 2. The number of benzene rings is 1. The van der Waals surface area contributed by atoms with Crippen molar-refractivity contribution in [2.45, 2.75) is 12.8 Å². The number of H-pyrrole nitrogens is 2. The molecule has 0 bridgehead atoms. The second-order valence-electron chi connectivity index (χ2n) is 6.89. The first-order valence-corrected chi connectivity index (χ1v) is 10.1. The van der Waals surface area contributed by atoms with Crippen LogP contribution in [0.3, 0.4) is 0 Å². The zero-order valence-corrected chi connectivity index (χ0v) is 17.2. The number of aromatic amines is 2. The van der Waals surface area contributed by atoms with Crippen molar-refractivity contribution < 1.29 is 9.53 Å². The van der Waals surface area contributed by atoms with E-state index < -0.39 is 0 Å². The smallest absolute Gasteiger partial charge is 0.291 e. The molecule has 0 radical (unpaired) electrons. The minimum atomic E-state index is -0.157. The molecule has 0 spiro atoms. The highest BCUT2D eigenvalue weighted by molar-refractivity contribution is 9.10. The molecule has 3 N–H and O–H groups in total. The Morgan fingerprint density at radius 1 is 1.28 bits per heavy atom. The first-order chi connectivity index (χ1) is 14.1. The summed E-state index contributed by atoms with van der Waals surface area (Å²) in [5.41, 5.74) is 2.17. The van der Waals surface area contributed by atoms with Gasteiger partial charge >= 0.3 is 0 Å². The summed E-state index contributed by atoms with van der Waals surface area (Å²) in [4.78, 5) is 26.8. The highest BCUT2D eigenvalue weighted by Crippen LogP contribution is 2.35. The Bertz CT molecular complexity index is 1230. The van der Waals surface area contributed by atoms with E-state index in [1.54, 1.807) is 24.4 Å². The van der Waals surface area contributed by atoms with Gasteiger partial charge in [-0.3, -0.25) is 9.89 Å². The van der Waals surface area contributed by atoms with E-state index in [1.807, 2.05) is 12.1 Å². The number of rotatable bonds is 4. The van der Waals surface area contributed by atoms with Crippen molar-refractivity contribution in [2.24, 2.45) is 0 Å². The van der Waals surface area contributed by atoms with Gasteiger partial charge in [0, 0.05) is 35.2 Å². The lowest BCUT2D eigenvalue weighted by molar-refractivity contribution is 0.0781. The second kappa shape index (κ2) is 7.03. The quantitative estimate of drug-likeness (QED) is 0.433. The summed E-state index contributed by atoms with van der Waals surface area (Å²) in [5.74, 6) is 1.16. The maximum atomic E-state index is 12.9. The molecule has 148 valence electrons. The van der Waals surface area contributed by atoms with Crippen molar-refractivity contribution in [3.05, 3.63) is 34.8 Å². The maximum Gasteiger partial charge on any atom is 0.291 e. The maximum absolute atomic E-state index is 12.9. The summed E-state index contributed by atoms with van der Waals surface area (Å²) >= 11 is 3.54. The number of carbonyl (C=O) groups excluding carboxylic acids is 1. The largest absolute Gasteiger partial charge is 0.494 e. The van der Waals surface area contributed by atoms with Crippen LogP contribution in [-0.4, -0.2) is 56.2 Å². The van der Waals surface area contributed by atoms with Crippen molar-refractivity contribution in [3.8, 4) is 5.75 Å². The normalized spacial score (nSPS) is 14.1. The number of amides is 1. The molecule has 0 aliphatic carbocycles. The number of methoxy groups -OCH3 is 1. The number of anilines is 2. The Kier molecular flexibility index (Phi) is 4.35. The van der Waals surface area contributed by atoms with E-state index in [1.165, 1.54) is 0 Å². The second-order valence-corrected chi connectivity index (χ2v) is 7.74. The molecule has 29 heavy (non-hydrogen) atoms. The molecule has 10 heteroatoms. The molecule has 1 aliphatic rings. The number of hydrogen-bond acceptors (Lipinski definition) is 6. The minimum Gasteiger partial charge on any atom is -0.494 e. The average Bonchev–Trinajstić information content (AvgIpc) is 3.48. The summed E-state index contributed by atoms with van der Waals surface area (Å²) in [6, 6.07) is 3.79. The Labute approximate surface area is 174 Å². The predicted molar refractivity (Wildman–Crippen MR) is 113 cm³/mol. The molecule has 1 aliphatic heterocycles. The van der Waals surface area contributed by atoms with Gasteiger partial charge in [0.25, 0.3) is 5.91 Å². The number of nitrogens with zero attached hydrogens (tertiary/aromatic N) is 4. The van der Waals surface area contributed by atoms with Crippen molar-refractivity contribution in [1.29, 1.82) is 0 Å². The molecular formula is C19H18BrN7O2. The molecule has 0 atom stereocenters. The Morgan fingerprint density at radius 3 is 2.90 bits per heavy atom. The minimum absolute atomic E-state index is 0.157. The van der Waals surface area contributed by atoms with E-state index >= 15 is 0 Å². The molecule has 1 aromatic carbocycles. The molecule has 4 heterocycles. The molecule has 1 fully saturated rings. The van der Waals surface area contributed by atoms with Crippen LogP contribution < -0.4 is 10.1 Å². The van der Waals surface area contributed by atoms with Crippen molar-refractivity contribution >= 4 is 55.3 Å². The summed E-state index contributed by atoms with van der Waals surface area (Å²) in [7, 11) is 1.60. The average molecular weight is 456 g/mol. The van der Waals surface area contributed by atoms with Crippen LogP contribution in [0.1, 0.15) is 23.5 Å². The van der Waals surface area contributed by atoms with E-state index in [-0.39, 0.29) is 11.7 Å². The monoisotopic (exact) mass is 455 g/mol. The van der Waals surface area contributed by atoms with Crippen LogP contribution in [0.15, 0.2) is 29.0 Å². The molecule has 5 rings (SSSR count). The van der Waals surface area contributed by atoms with E-state index in [2.05, 4.69) is 46.4 Å². The van der Waals surface area contributed by atoms with Crippen LogP contribution in [0.5, 0.6) is 5.75 Å². The summed E-state index contributed by atoms with van der Waals surface area (Å²) in [5, 5.41) is 12.0. The van der Waals surface area contributed by atoms with Crippen LogP contribution >= 0.6 is 15.9 Å². The van der Waals surface area contributed by atoms with Crippen LogP contribution in [0.2, 0.25) is 0 Å². The number of hydrogen-bond donors (Lipinski definition) is 3. The first-order valence-electron chi connectivity index (χ1n) is 9.26. The summed E-state index contributed by atoms with van der Waals surface area (Å²) in [6.45, 7) is 1.48. The third-order valence-corrected chi connectivity index (χ3v) is 5.71. The molecular weight excluding hydrogens is 438 g/mol. The molecule has 1 saturated heterocycles.